The molecule has 0 aromatic heterocycles. The van der Waals surface area contributed by atoms with E-state index in [2.05, 4.69) is 0 Å². The summed E-state index contributed by atoms with van der Waals surface area (Å²) >= 11 is 0. The number of rotatable bonds is 2. The molecular formula is C14H8F4O2. The summed E-state index contributed by atoms with van der Waals surface area (Å²) in [6.07, 6.45) is -4.53. The van der Waals surface area contributed by atoms with Crippen molar-refractivity contribution in [3.05, 3.63) is 59.4 Å². The third-order valence-electron chi connectivity index (χ3n) is 2.71. The van der Waals surface area contributed by atoms with E-state index in [9.17, 15) is 22.4 Å². The number of halogens is 4. The molecule has 0 aliphatic rings. The van der Waals surface area contributed by atoms with E-state index in [1.54, 1.807) is 0 Å². The molecule has 20 heavy (non-hydrogen) atoms. The van der Waals surface area contributed by atoms with Crippen LogP contribution < -0.4 is 0 Å². The van der Waals surface area contributed by atoms with Crippen molar-refractivity contribution in [1.82, 2.24) is 0 Å². The molecule has 0 saturated carbocycles. The fourth-order valence-electron chi connectivity index (χ4n) is 1.81. The highest BCUT2D eigenvalue weighted by atomic mass is 19.4. The lowest BCUT2D eigenvalue weighted by Gasteiger charge is -2.10. The summed E-state index contributed by atoms with van der Waals surface area (Å²) in [6, 6.07) is 7.16. The molecule has 0 spiro atoms. The van der Waals surface area contributed by atoms with Gasteiger partial charge in [0, 0.05) is 0 Å². The van der Waals surface area contributed by atoms with Crippen LogP contribution in [0.2, 0.25) is 0 Å². The largest absolute Gasteiger partial charge is 0.478 e. The topological polar surface area (TPSA) is 37.3 Å². The van der Waals surface area contributed by atoms with Gasteiger partial charge in [0.25, 0.3) is 0 Å². The molecule has 104 valence electrons. The Morgan fingerprint density at radius 3 is 2.35 bits per heavy atom. The monoisotopic (exact) mass is 284 g/mol. The molecule has 2 aromatic rings. The molecule has 0 amide bonds. The van der Waals surface area contributed by atoms with Crippen molar-refractivity contribution in [2.24, 2.45) is 0 Å². The van der Waals surface area contributed by atoms with Crippen LogP contribution in [0.25, 0.3) is 11.1 Å². The number of alkyl halides is 3. The van der Waals surface area contributed by atoms with Crippen molar-refractivity contribution in [3.8, 4) is 11.1 Å². The Balaban J connectivity index is 2.60. The fourth-order valence-corrected chi connectivity index (χ4v) is 1.81. The Hall–Kier alpha value is -2.37. The molecule has 1 N–H and O–H groups in total. The van der Waals surface area contributed by atoms with Gasteiger partial charge < -0.3 is 5.11 Å². The second-order valence-corrected chi connectivity index (χ2v) is 4.07. The van der Waals surface area contributed by atoms with Gasteiger partial charge in [0.2, 0.25) is 0 Å². The van der Waals surface area contributed by atoms with Crippen LogP contribution in [0.4, 0.5) is 17.6 Å². The maximum absolute atomic E-state index is 13.0. The molecule has 0 aliphatic carbocycles. The van der Waals surface area contributed by atoms with Gasteiger partial charge in [0.05, 0.1) is 11.1 Å². The van der Waals surface area contributed by atoms with Gasteiger partial charge in [-0.15, -0.1) is 0 Å². The van der Waals surface area contributed by atoms with Gasteiger partial charge in [-0.2, -0.15) is 13.2 Å². The molecular weight excluding hydrogens is 276 g/mol. The molecule has 0 fully saturated rings. The van der Waals surface area contributed by atoms with E-state index in [1.165, 1.54) is 12.1 Å². The van der Waals surface area contributed by atoms with E-state index < -0.39 is 23.5 Å². The highest BCUT2D eigenvalue weighted by Crippen LogP contribution is 2.33. The summed E-state index contributed by atoms with van der Waals surface area (Å²) in [5, 5.41) is 8.99. The van der Waals surface area contributed by atoms with Crippen LogP contribution in [0.1, 0.15) is 15.9 Å². The summed E-state index contributed by atoms with van der Waals surface area (Å²) < 4.78 is 50.9. The number of hydrogen-bond acceptors (Lipinski definition) is 1. The third-order valence-corrected chi connectivity index (χ3v) is 2.71. The first-order chi connectivity index (χ1) is 9.29. The van der Waals surface area contributed by atoms with Gasteiger partial charge in [0.1, 0.15) is 5.82 Å². The minimum absolute atomic E-state index is 0.0324. The van der Waals surface area contributed by atoms with Crippen molar-refractivity contribution >= 4 is 5.97 Å². The maximum Gasteiger partial charge on any atom is 0.416 e. The number of carboxylic acid groups (broad SMARTS) is 1. The van der Waals surface area contributed by atoms with Gasteiger partial charge >= 0.3 is 12.1 Å². The molecule has 0 radical (unpaired) electrons. The average Bonchev–Trinajstić information content (AvgIpc) is 2.37. The molecule has 0 aliphatic heterocycles. The first kappa shape index (κ1) is 14.0. The van der Waals surface area contributed by atoms with Crippen molar-refractivity contribution < 1.29 is 27.5 Å². The molecule has 2 nitrogen and oxygen atoms in total. The summed E-state index contributed by atoms with van der Waals surface area (Å²) in [5.41, 5.74) is -1.18. The molecule has 0 bridgehead atoms. The number of hydrogen-bond donors (Lipinski definition) is 1. The van der Waals surface area contributed by atoms with Crippen LogP contribution in [0.15, 0.2) is 42.5 Å². The minimum atomic E-state index is -4.53. The maximum atomic E-state index is 13.0. The second kappa shape index (κ2) is 4.96. The van der Waals surface area contributed by atoms with Crippen molar-refractivity contribution in [3.63, 3.8) is 0 Å². The fraction of sp³-hybridized carbons (Fsp3) is 0.0714. The Bertz CT molecular complexity index is 662. The highest BCUT2D eigenvalue weighted by molar-refractivity contribution is 5.96. The predicted molar refractivity (Wildman–Crippen MR) is 63.8 cm³/mol. The van der Waals surface area contributed by atoms with Gasteiger partial charge in [-0.3, -0.25) is 0 Å². The Kier molecular flexibility index (Phi) is 3.48. The summed E-state index contributed by atoms with van der Waals surface area (Å²) in [6.45, 7) is 0. The standard InChI is InChI=1S/C14H8F4O2/c15-10-4-5-11(12(7-10)13(19)20)8-2-1-3-9(6-8)14(16,17)18/h1-7H,(H,19,20). The van der Waals surface area contributed by atoms with E-state index in [1.807, 2.05) is 0 Å². The van der Waals surface area contributed by atoms with Gasteiger partial charge in [-0.1, -0.05) is 18.2 Å². The lowest BCUT2D eigenvalue weighted by Crippen LogP contribution is -2.05. The van der Waals surface area contributed by atoms with Crippen LogP contribution in [-0.2, 0) is 6.18 Å². The lowest BCUT2D eigenvalue weighted by atomic mass is 9.98. The van der Waals surface area contributed by atoms with Crippen molar-refractivity contribution in [1.29, 1.82) is 0 Å². The first-order valence-electron chi connectivity index (χ1n) is 5.49. The van der Waals surface area contributed by atoms with Gasteiger partial charge in [0.15, 0.2) is 0 Å². The van der Waals surface area contributed by atoms with Crippen LogP contribution >= 0.6 is 0 Å². The predicted octanol–water partition coefficient (Wildman–Crippen LogP) is 4.21. The number of benzene rings is 2. The Morgan fingerprint density at radius 1 is 1.05 bits per heavy atom. The highest BCUT2D eigenvalue weighted by Gasteiger charge is 2.30. The van der Waals surface area contributed by atoms with Crippen LogP contribution in [0.3, 0.4) is 0 Å². The van der Waals surface area contributed by atoms with E-state index >= 15 is 0 Å². The Morgan fingerprint density at radius 2 is 1.75 bits per heavy atom. The SMILES string of the molecule is O=C(O)c1cc(F)ccc1-c1cccc(C(F)(F)F)c1. The molecule has 0 heterocycles. The smallest absolute Gasteiger partial charge is 0.416 e. The summed E-state index contributed by atoms with van der Waals surface area (Å²) in [5.74, 6) is -2.17. The normalized spacial score (nSPS) is 11.4. The number of carboxylic acids is 1. The zero-order valence-electron chi connectivity index (χ0n) is 9.91. The average molecular weight is 284 g/mol. The summed E-state index contributed by atoms with van der Waals surface area (Å²) in [4.78, 5) is 11.0. The van der Waals surface area contributed by atoms with Crippen LogP contribution in [0, 0.1) is 5.82 Å². The quantitative estimate of drug-likeness (QED) is 0.839. The number of aromatic carboxylic acids is 1. The van der Waals surface area contributed by atoms with E-state index in [0.29, 0.717) is 0 Å². The third kappa shape index (κ3) is 2.79. The van der Waals surface area contributed by atoms with E-state index in [-0.39, 0.29) is 16.7 Å². The van der Waals surface area contributed by atoms with Crippen LogP contribution in [0.5, 0.6) is 0 Å². The molecule has 0 atom stereocenters. The van der Waals surface area contributed by atoms with Gasteiger partial charge in [-0.25, -0.2) is 9.18 Å². The minimum Gasteiger partial charge on any atom is -0.478 e. The second-order valence-electron chi connectivity index (χ2n) is 4.07. The lowest BCUT2D eigenvalue weighted by molar-refractivity contribution is -0.137. The van der Waals surface area contributed by atoms with E-state index in [4.69, 9.17) is 5.11 Å². The molecule has 0 saturated heterocycles. The molecule has 2 aromatic carbocycles. The van der Waals surface area contributed by atoms with Gasteiger partial charge in [-0.05, 0) is 35.4 Å². The molecule has 0 unspecified atom stereocenters. The first-order valence-corrected chi connectivity index (χ1v) is 5.49. The van der Waals surface area contributed by atoms with Crippen molar-refractivity contribution in [2.45, 2.75) is 6.18 Å². The number of carbonyl (C=O) groups is 1. The Labute approximate surface area is 111 Å². The van der Waals surface area contributed by atoms with Crippen molar-refractivity contribution in [2.75, 3.05) is 0 Å². The van der Waals surface area contributed by atoms with Crippen LogP contribution in [-0.4, -0.2) is 11.1 Å². The zero-order chi connectivity index (χ0) is 14.9. The van der Waals surface area contributed by atoms with E-state index in [0.717, 1.165) is 30.3 Å². The summed E-state index contributed by atoms with van der Waals surface area (Å²) in [7, 11) is 0. The molecule has 6 heteroatoms. The molecule has 2 rings (SSSR count). The zero-order valence-corrected chi connectivity index (χ0v) is 9.91.